The molecule has 0 amide bonds. The molecule has 0 N–H and O–H groups in total. The molecule has 4 heteroatoms. The van der Waals surface area contributed by atoms with Crippen molar-refractivity contribution < 1.29 is 8.42 Å². The Bertz CT molecular complexity index is 469. The predicted octanol–water partition coefficient (Wildman–Crippen LogP) is 3.31. The highest BCUT2D eigenvalue weighted by molar-refractivity contribution is 7.90. The zero-order valence-corrected chi connectivity index (χ0v) is 12.3. The second-order valence-electron chi connectivity index (χ2n) is 5.43. The van der Waals surface area contributed by atoms with Crippen molar-refractivity contribution in [1.82, 2.24) is 0 Å². The number of benzene rings is 1. The van der Waals surface area contributed by atoms with Crippen LogP contribution in [0.2, 0.25) is 0 Å². The summed E-state index contributed by atoms with van der Waals surface area (Å²) in [6.45, 7) is 6.41. The quantitative estimate of drug-likeness (QED) is 0.793. The van der Waals surface area contributed by atoms with Crippen molar-refractivity contribution in [3.63, 3.8) is 0 Å². The summed E-state index contributed by atoms with van der Waals surface area (Å²) in [5, 5.41) is -0.473. The third-order valence-corrected chi connectivity index (χ3v) is 4.12. The van der Waals surface area contributed by atoms with Gasteiger partial charge in [-0.3, -0.25) is 0 Å². The van der Waals surface area contributed by atoms with Crippen LogP contribution in [0.3, 0.4) is 0 Å². The third-order valence-electron chi connectivity index (χ3n) is 2.59. The Morgan fingerprint density at radius 3 is 2.00 bits per heavy atom. The minimum absolute atomic E-state index is 0.0244. The van der Waals surface area contributed by atoms with E-state index in [9.17, 15) is 8.42 Å². The molecular formula is C13H19ClO2S. The van der Waals surface area contributed by atoms with Crippen LogP contribution in [0.25, 0.3) is 0 Å². The predicted molar refractivity (Wildman–Crippen MR) is 73.4 cm³/mol. The summed E-state index contributed by atoms with van der Waals surface area (Å²) in [7, 11) is -3.04. The number of alkyl halides is 1. The van der Waals surface area contributed by atoms with Crippen LogP contribution >= 0.6 is 11.6 Å². The molecule has 0 aliphatic rings. The fourth-order valence-electron chi connectivity index (χ4n) is 1.55. The number of sulfone groups is 1. The van der Waals surface area contributed by atoms with Crippen molar-refractivity contribution in [1.29, 1.82) is 0 Å². The van der Waals surface area contributed by atoms with E-state index in [4.69, 9.17) is 11.6 Å². The molecule has 1 aromatic rings. The molecule has 0 aliphatic heterocycles. The van der Waals surface area contributed by atoms with E-state index in [1.165, 1.54) is 11.8 Å². The largest absolute Gasteiger partial charge is 0.229 e. The highest BCUT2D eigenvalue weighted by atomic mass is 35.5. The van der Waals surface area contributed by atoms with Gasteiger partial charge < -0.3 is 0 Å². The van der Waals surface area contributed by atoms with Crippen LogP contribution in [0.4, 0.5) is 0 Å². The molecular weight excluding hydrogens is 256 g/mol. The topological polar surface area (TPSA) is 34.1 Å². The van der Waals surface area contributed by atoms with Gasteiger partial charge in [-0.1, -0.05) is 45.0 Å². The first-order valence-corrected chi connectivity index (χ1v) is 8.01. The smallest absolute Gasteiger partial charge is 0.149 e. The van der Waals surface area contributed by atoms with Crippen LogP contribution in [0, 0.1) is 0 Å². The number of rotatable bonds is 3. The second-order valence-corrected chi connectivity index (χ2v) is 8.14. The highest BCUT2D eigenvalue weighted by Gasteiger charge is 2.17. The van der Waals surface area contributed by atoms with Gasteiger partial charge in [0.25, 0.3) is 0 Å². The average molecular weight is 275 g/mol. The summed E-state index contributed by atoms with van der Waals surface area (Å²) in [5.74, 6) is -0.0244. The first-order valence-electron chi connectivity index (χ1n) is 5.52. The van der Waals surface area contributed by atoms with Crippen molar-refractivity contribution in [3.8, 4) is 0 Å². The Morgan fingerprint density at radius 1 is 1.18 bits per heavy atom. The minimum Gasteiger partial charge on any atom is -0.229 e. The molecule has 0 aromatic heterocycles. The van der Waals surface area contributed by atoms with E-state index in [0.29, 0.717) is 0 Å². The summed E-state index contributed by atoms with van der Waals surface area (Å²) in [6.07, 6.45) is 1.20. The molecule has 96 valence electrons. The zero-order chi connectivity index (χ0) is 13.3. The highest BCUT2D eigenvalue weighted by Crippen LogP contribution is 2.26. The summed E-state index contributed by atoms with van der Waals surface area (Å²) < 4.78 is 22.3. The van der Waals surface area contributed by atoms with E-state index >= 15 is 0 Å². The van der Waals surface area contributed by atoms with Gasteiger partial charge in [-0.25, -0.2) is 8.42 Å². The lowest BCUT2D eigenvalue weighted by atomic mass is 9.86. The molecule has 0 spiro atoms. The van der Waals surface area contributed by atoms with Crippen LogP contribution < -0.4 is 0 Å². The Balaban J connectivity index is 2.88. The van der Waals surface area contributed by atoms with E-state index in [1.807, 2.05) is 24.3 Å². The first kappa shape index (κ1) is 14.5. The van der Waals surface area contributed by atoms with E-state index < -0.39 is 15.2 Å². The van der Waals surface area contributed by atoms with E-state index in [2.05, 4.69) is 20.8 Å². The van der Waals surface area contributed by atoms with Gasteiger partial charge in [0.15, 0.2) is 0 Å². The van der Waals surface area contributed by atoms with E-state index in [-0.39, 0.29) is 11.2 Å². The molecule has 0 saturated heterocycles. The normalized spacial score (nSPS) is 14.6. The number of hydrogen-bond acceptors (Lipinski definition) is 2. The minimum atomic E-state index is -3.04. The zero-order valence-electron chi connectivity index (χ0n) is 10.7. The lowest BCUT2D eigenvalue weighted by molar-refractivity contribution is 0.589. The molecule has 1 rings (SSSR count). The Kier molecular flexibility index (Phi) is 4.26. The van der Waals surface area contributed by atoms with E-state index in [1.54, 1.807) is 0 Å². The summed E-state index contributed by atoms with van der Waals surface area (Å²) in [4.78, 5) is 0. The molecule has 17 heavy (non-hydrogen) atoms. The monoisotopic (exact) mass is 274 g/mol. The maximum absolute atomic E-state index is 11.2. The fraction of sp³-hybridized carbons (Fsp3) is 0.538. The first-order chi connectivity index (χ1) is 7.59. The van der Waals surface area contributed by atoms with Gasteiger partial charge >= 0.3 is 0 Å². The molecule has 0 bridgehead atoms. The summed E-state index contributed by atoms with van der Waals surface area (Å²) >= 11 is 6.08. The third kappa shape index (κ3) is 4.68. The molecule has 1 unspecified atom stereocenters. The van der Waals surface area contributed by atoms with Crippen LogP contribution in [0.15, 0.2) is 24.3 Å². The van der Waals surface area contributed by atoms with Crippen LogP contribution in [0.5, 0.6) is 0 Å². The lowest BCUT2D eigenvalue weighted by Crippen LogP contribution is -2.12. The number of halogens is 1. The van der Waals surface area contributed by atoms with Gasteiger partial charge in [0.05, 0.1) is 11.1 Å². The lowest BCUT2D eigenvalue weighted by Gasteiger charge is -2.19. The Morgan fingerprint density at radius 2 is 1.65 bits per heavy atom. The van der Waals surface area contributed by atoms with Gasteiger partial charge in [0.1, 0.15) is 9.84 Å². The van der Waals surface area contributed by atoms with Gasteiger partial charge in [-0.15, -0.1) is 11.6 Å². The van der Waals surface area contributed by atoms with Crippen LogP contribution in [0.1, 0.15) is 37.3 Å². The van der Waals surface area contributed by atoms with Crippen LogP contribution in [-0.4, -0.2) is 20.4 Å². The second kappa shape index (κ2) is 4.99. The van der Waals surface area contributed by atoms with Crippen molar-refractivity contribution in [3.05, 3.63) is 35.4 Å². The van der Waals surface area contributed by atoms with Crippen molar-refractivity contribution >= 4 is 21.4 Å². The Labute approximate surface area is 109 Å². The standard InChI is InChI=1S/C13H19ClO2S/c1-13(2,3)11-7-5-10(6-8-11)12(14)9-17(4,15)16/h5-8,12H,9H2,1-4H3. The summed E-state index contributed by atoms with van der Waals surface area (Å²) in [5.41, 5.74) is 2.16. The molecule has 1 atom stereocenters. The van der Waals surface area contributed by atoms with Gasteiger partial charge in [0.2, 0.25) is 0 Å². The molecule has 0 radical (unpaired) electrons. The van der Waals surface area contributed by atoms with E-state index in [0.717, 1.165) is 5.56 Å². The van der Waals surface area contributed by atoms with Crippen molar-refractivity contribution in [2.45, 2.75) is 31.6 Å². The average Bonchev–Trinajstić information content (AvgIpc) is 2.14. The molecule has 0 fully saturated rings. The van der Waals surface area contributed by atoms with Crippen molar-refractivity contribution in [2.75, 3.05) is 12.0 Å². The maximum Gasteiger partial charge on any atom is 0.149 e. The maximum atomic E-state index is 11.2. The SMILES string of the molecule is CC(C)(C)c1ccc(C(Cl)CS(C)(=O)=O)cc1. The fourth-order valence-corrected chi connectivity index (χ4v) is 3.11. The van der Waals surface area contributed by atoms with Crippen molar-refractivity contribution in [2.24, 2.45) is 0 Å². The summed E-state index contributed by atoms with van der Waals surface area (Å²) in [6, 6.07) is 7.83. The molecule has 0 aliphatic carbocycles. The molecule has 0 heterocycles. The van der Waals surface area contributed by atoms with Gasteiger partial charge in [0, 0.05) is 6.26 Å². The molecule has 0 saturated carbocycles. The Hall–Kier alpha value is -0.540. The molecule has 1 aromatic carbocycles. The van der Waals surface area contributed by atoms with Gasteiger partial charge in [-0.05, 0) is 16.5 Å². The van der Waals surface area contributed by atoms with Gasteiger partial charge in [-0.2, -0.15) is 0 Å². The van der Waals surface area contributed by atoms with Crippen LogP contribution in [-0.2, 0) is 15.3 Å². The number of hydrogen-bond donors (Lipinski definition) is 0. The molecule has 2 nitrogen and oxygen atoms in total.